The van der Waals surface area contributed by atoms with E-state index in [0.29, 0.717) is 18.0 Å². The Hall–Kier alpha value is -2.87. The first-order valence-electron chi connectivity index (χ1n) is 8.34. The lowest BCUT2D eigenvalue weighted by atomic mass is 9.94. The Morgan fingerprint density at radius 2 is 2.36 bits per heavy atom. The first-order valence-corrected chi connectivity index (χ1v) is 8.34. The number of primary amides is 1. The molecule has 1 aliphatic heterocycles. The summed E-state index contributed by atoms with van der Waals surface area (Å²) in [5.41, 5.74) is 7.78. The molecule has 0 aliphatic carbocycles. The molecule has 1 unspecified atom stereocenters. The van der Waals surface area contributed by atoms with Crippen LogP contribution in [0.15, 0.2) is 35.0 Å². The fourth-order valence-corrected chi connectivity index (χ4v) is 3.29. The van der Waals surface area contributed by atoms with Crippen molar-refractivity contribution in [1.29, 1.82) is 0 Å². The van der Waals surface area contributed by atoms with Gasteiger partial charge in [-0.3, -0.25) is 14.6 Å². The van der Waals surface area contributed by atoms with E-state index in [0.717, 1.165) is 48.8 Å². The fourth-order valence-electron chi connectivity index (χ4n) is 3.29. The predicted octanol–water partition coefficient (Wildman–Crippen LogP) is 1.32. The number of aromatic amines is 1. The number of aryl methyl sites for hydroxylation is 1. The molecule has 3 aromatic rings. The number of fused-ring (bicyclic) bond motifs is 1. The third-order valence-corrected chi connectivity index (χ3v) is 4.61. The number of nitrogens with zero attached hydrogens (tertiary/aromatic N) is 3. The van der Waals surface area contributed by atoms with Crippen molar-refractivity contribution in [3.63, 3.8) is 0 Å². The summed E-state index contributed by atoms with van der Waals surface area (Å²) >= 11 is 0. The summed E-state index contributed by atoms with van der Waals surface area (Å²) in [5.74, 6) is 1.70. The van der Waals surface area contributed by atoms with Crippen molar-refractivity contribution in [1.82, 2.24) is 25.3 Å². The standard InChI is InChI=1S/C17H20N6O2/c18-17(24)13-10-21-23-6-4-11(7-15(13)23)8-19-9-12-1-2-16(25-12)14-3-5-20-22-14/h1-3,5,10-11,19H,4,6-9H2,(H2,18,24)(H,20,22). The second-order valence-corrected chi connectivity index (χ2v) is 6.32. The molecule has 0 fully saturated rings. The quantitative estimate of drug-likeness (QED) is 0.626. The summed E-state index contributed by atoms with van der Waals surface area (Å²) in [6.45, 7) is 2.33. The Bertz CT molecular complexity index is 864. The van der Waals surface area contributed by atoms with E-state index in [2.05, 4.69) is 20.6 Å². The highest BCUT2D eigenvalue weighted by atomic mass is 16.3. The summed E-state index contributed by atoms with van der Waals surface area (Å²) in [6, 6.07) is 5.77. The molecule has 0 radical (unpaired) electrons. The van der Waals surface area contributed by atoms with Crippen molar-refractivity contribution >= 4 is 5.91 Å². The third kappa shape index (κ3) is 3.20. The van der Waals surface area contributed by atoms with Crippen molar-refractivity contribution in [2.24, 2.45) is 11.7 Å². The van der Waals surface area contributed by atoms with E-state index in [1.54, 1.807) is 12.4 Å². The van der Waals surface area contributed by atoms with Gasteiger partial charge in [0, 0.05) is 12.7 Å². The molecule has 130 valence electrons. The van der Waals surface area contributed by atoms with Gasteiger partial charge in [0.15, 0.2) is 5.76 Å². The molecule has 4 heterocycles. The lowest BCUT2D eigenvalue weighted by Gasteiger charge is -2.24. The molecule has 8 nitrogen and oxygen atoms in total. The second kappa shape index (κ2) is 6.56. The van der Waals surface area contributed by atoms with Crippen molar-refractivity contribution < 1.29 is 9.21 Å². The van der Waals surface area contributed by atoms with Gasteiger partial charge in [-0.2, -0.15) is 10.2 Å². The van der Waals surface area contributed by atoms with Gasteiger partial charge in [-0.05, 0) is 43.5 Å². The van der Waals surface area contributed by atoms with E-state index in [9.17, 15) is 4.79 Å². The van der Waals surface area contributed by atoms with E-state index < -0.39 is 5.91 Å². The number of aromatic nitrogens is 4. The van der Waals surface area contributed by atoms with Crippen LogP contribution in [0.3, 0.4) is 0 Å². The van der Waals surface area contributed by atoms with Crippen LogP contribution in [0.4, 0.5) is 0 Å². The van der Waals surface area contributed by atoms with Crippen molar-refractivity contribution in [3.8, 4) is 11.5 Å². The molecule has 25 heavy (non-hydrogen) atoms. The number of nitrogens with one attached hydrogen (secondary N) is 2. The van der Waals surface area contributed by atoms with E-state index in [4.69, 9.17) is 10.2 Å². The molecule has 0 aromatic carbocycles. The number of amides is 1. The lowest BCUT2D eigenvalue weighted by Crippen LogP contribution is -2.30. The minimum Gasteiger partial charge on any atom is -0.458 e. The number of carbonyl (C=O) groups is 1. The Morgan fingerprint density at radius 1 is 1.44 bits per heavy atom. The van der Waals surface area contributed by atoms with Crippen molar-refractivity contribution in [2.75, 3.05) is 6.54 Å². The van der Waals surface area contributed by atoms with Gasteiger partial charge in [0.2, 0.25) is 0 Å². The van der Waals surface area contributed by atoms with Gasteiger partial charge in [0.1, 0.15) is 11.5 Å². The number of hydrogen-bond donors (Lipinski definition) is 3. The fraction of sp³-hybridized carbons (Fsp3) is 0.353. The maximum absolute atomic E-state index is 11.5. The van der Waals surface area contributed by atoms with Crippen LogP contribution in [0.2, 0.25) is 0 Å². The lowest BCUT2D eigenvalue weighted by molar-refractivity contribution is 0.0998. The van der Waals surface area contributed by atoms with Gasteiger partial charge in [-0.25, -0.2) is 0 Å². The molecule has 1 aliphatic rings. The summed E-state index contributed by atoms with van der Waals surface area (Å²) in [7, 11) is 0. The zero-order valence-electron chi connectivity index (χ0n) is 13.7. The Kier molecular flexibility index (Phi) is 4.10. The van der Waals surface area contributed by atoms with Crippen LogP contribution in [-0.4, -0.2) is 32.4 Å². The van der Waals surface area contributed by atoms with Crippen LogP contribution in [0.5, 0.6) is 0 Å². The monoisotopic (exact) mass is 340 g/mol. The minimum absolute atomic E-state index is 0.406. The van der Waals surface area contributed by atoms with Gasteiger partial charge in [-0.1, -0.05) is 0 Å². The smallest absolute Gasteiger partial charge is 0.252 e. The minimum atomic E-state index is -0.406. The summed E-state index contributed by atoms with van der Waals surface area (Å²) in [5, 5.41) is 14.5. The maximum Gasteiger partial charge on any atom is 0.252 e. The first kappa shape index (κ1) is 15.6. The summed E-state index contributed by atoms with van der Waals surface area (Å²) < 4.78 is 7.69. The van der Waals surface area contributed by atoms with Gasteiger partial charge in [-0.15, -0.1) is 0 Å². The average Bonchev–Trinajstić information content (AvgIpc) is 3.34. The second-order valence-electron chi connectivity index (χ2n) is 6.32. The number of H-pyrrole nitrogens is 1. The molecule has 3 aromatic heterocycles. The number of rotatable bonds is 6. The first-order chi connectivity index (χ1) is 12.2. The van der Waals surface area contributed by atoms with E-state index in [1.165, 1.54) is 0 Å². The highest BCUT2D eigenvalue weighted by molar-refractivity contribution is 5.93. The topological polar surface area (TPSA) is 115 Å². The molecule has 1 atom stereocenters. The number of nitrogens with two attached hydrogens (primary N) is 1. The molecule has 8 heteroatoms. The van der Waals surface area contributed by atoms with Crippen LogP contribution in [0.25, 0.3) is 11.5 Å². The van der Waals surface area contributed by atoms with Crippen LogP contribution >= 0.6 is 0 Å². The van der Waals surface area contributed by atoms with Crippen LogP contribution < -0.4 is 11.1 Å². The van der Waals surface area contributed by atoms with Gasteiger partial charge >= 0.3 is 0 Å². The van der Waals surface area contributed by atoms with E-state index in [-0.39, 0.29) is 0 Å². The zero-order chi connectivity index (χ0) is 17.2. The zero-order valence-corrected chi connectivity index (χ0v) is 13.7. The average molecular weight is 340 g/mol. The molecule has 0 bridgehead atoms. The molecule has 0 spiro atoms. The highest BCUT2D eigenvalue weighted by Crippen LogP contribution is 2.23. The van der Waals surface area contributed by atoms with E-state index >= 15 is 0 Å². The van der Waals surface area contributed by atoms with Gasteiger partial charge in [0.25, 0.3) is 5.91 Å². The normalized spacial score (nSPS) is 16.7. The largest absolute Gasteiger partial charge is 0.458 e. The Balaban J connectivity index is 1.32. The Morgan fingerprint density at radius 3 is 3.16 bits per heavy atom. The molecule has 4 N–H and O–H groups in total. The van der Waals surface area contributed by atoms with Crippen LogP contribution in [0, 0.1) is 5.92 Å². The van der Waals surface area contributed by atoms with E-state index in [1.807, 2.05) is 22.9 Å². The molecule has 4 rings (SSSR count). The van der Waals surface area contributed by atoms with Crippen molar-refractivity contribution in [3.05, 3.63) is 47.6 Å². The number of hydrogen-bond acceptors (Lipinski definition) is 5. The molecule has 0 saturated carbocycles. The number of carbonyl (C=O) groups excluding carboxylic acids is 1. The Labute approximate surface area is 144 Å². The molecular formula is C17H20N6O2. The van der Waals surface area contributed by atoms with Gasteiger partial charge in [0.05, 0.1) is 24.0 Å². The predicted molar refractivity (Wildman–Crippen MR) is 90.6 cm³/mol. The maximum atomic E-state index is 11.5. The number of furan rings is 1. The van der Waals surface area contributed by atoms with Gasteiger partial charge < -0.3 is 15.5 Å². The summed E-state index contributed by atoms with van der Waals surface area (Å²) in [4.78, 5) is 11.5. The highest BCUT2D eigenvalue weighted by Gasteiger charge is 2.24. The van der Waals surface area contributed by atoms with Crippen molar-refractivity contribution in [2.45, 2.75) is 25.9 Å². The summed E-state index contributed by atoms with van der Waals surface area (Å²) in [6.07, 6.45) is 5.11. The van der Waals surface area contributed by atoms with Crippen LogP contribution in [-0.2, 0) is 19.5 Å². The third-order valence-electron chi connectivity index (χ3n) is 4.61. The van der Waals surface area contributed by atoms with Crippen LogP contribution in [0.1, 0.15) is 28.2 Å². The molecule has 0 saturated heterocycles. The molecule has 1 amide bonds. The molecular weight excluding hydrogens is 320 g/mol. The SMILES string of the molecule is NC(=O)c1cnn2c1CC(CNCc1ccc(-c3ccn[nH]3)o1)CC2.